The minimum Gasteiger partial charge on any atom is -0.492 e. The van der Waals surface area contributed by atoms with Crippen LogP contribution in [0, 0.1) is 13.8 Å². The first-order valence-electron chi connectivity index (χ1n) is 6.60. The summed E-state index contributed by atoms with van der Waals surface area (Å²) >= 11 is 0. The Kier molecular flexibility index (Phi) is 4.47. The van der Waals surface area contributed by atoms with Crippen molar-refractivity contribution in [2.24, 2.45) is 0 Å². The molecule has 0 aliphatic carbocycles. The Labute approximate surface area is 115 Å². The molecule has 1 aromatic carbocycles. The topological polar surface area (TPSA) is 55.4 Å². The second-order valence-corrected chi connectivity index (χ2v) is 7.40. The lowest BCUT2D eigenvalue weighted by Crippen LogP contribution is -2.33. The first-order chi connectivity index (χ1) is 8.96. The zero-order chi connectivity index (χ0) is 13.9. The number of benzene rings is 1. The molecule has 1 aromatic rings. The van der Waals surface area contributed by atoms with Gasteiger partial charge < -0.3 is 10.1 Å². The fourth-order valence-corrected chi connectivity index (χ4v) is 3.95. The molecular formula is C14H21NO3S. The minimum atomic E-state index is -2.80. The van der Waals surface area contributed by atoms with E-state index < -0.39 is 9.84 Å². The fourth-order valence-electron chi connectivity index (χ4n) is 2.24. The average Bonchev–Trinajstić information content (AvgIpc) is 2.69. The molecule has 19 heavy (non-hydrogen) atoms. The van der Waals surface area contributed by atoms with Gasteiger partial charge in [0.05, 0.1) is 11.5 Å². The number of nitrogens with one attached hydrogen (secondary N) is 1. The van der Waals surface area contributed by atoms with Gasteiger partial charge in [-0.3, -0.25) is 0 Å². The Morgan fingerprint density at radius 1 is 1.37 bits per heavy atom. The lowest BCUT2D eigenvalue weighted by Gasteiger charge is -2.13. The Balaban J connectivity index is 1.74. The van der Waals surface area contributed by atoms with E-state index in [1.54, 1.807) is 0 Å². The summed E-state index contributed by atoms with van der Waals surface area (Å²) in [6.07, 6.45) is 0.714. The van der Waals surface area contributed by atoms with Crippen LogP contribution in [0.5, 0.6) is 5.75 Å². The maximum atomic E-state index is 11.3. The van der Waals surface area contributed by atoms with Crippen LogP contribution in [0.15, 0.2) is 18.2 Å². The maximum Gasteiger partial charge on any atom is 0.151 e. The van der Waals surface area contributed by atoms with Gasteiger partial charge in [-0.1, -0.05) is 12.1 Å². The second-order valence-electron chi connectivity index (χ2n) is 5.17. The van der Waals surface area contributed by atoms with E-state index in [1.165, 1.54) is 5.56 Å². The van der Waals surface area contributed by atoms with Gasteiger partial charge in [0.15, 0.2) is 9.84 Å². The molecule has 4 nitrogen and oxygen atoms in total. The van der Waals surface area contributed by atoms with Crippen LogP contribution in [-0.2, 0) is 9.84 Å². The maximum absolute atomic E-state index is 11.3. The van der Waals surface area contributed by atoms with Crippen molar-refractivity contribution in [1.82, 2.24) is 5.32 Å². The summed E-state index contributed by atoms with van der Waals surface area (Å²) in [6, 6.07) is 6.22. The summed E-state index contributed by atoms with van der Waals surface area (Å²) in [5.41, 5.74) is 2.30. The largest absolute Gasteiger partial charge is 0.492 e. The molecule has 2 rings (SSSR count). The first-order valence-corrected chi connectivity index (χ1v) is 8.42. The molecule has 1 aliphatic heterocycles. The van der Waals surface area contributed by atoms with Crippen LogP contribution >= 0.6 is 0 Å². The Morgan fingerprint density at radius 3 is 2.84 bits per heavy atom. The van der Waals surface area contributed by atoms with Crippen LogP contribution < -0.4 is 10.1 Å². The van der Waals surface area contributed by atoms with Crippen molar-refractivity contribution >= 4 is 9.84 Å². The number of ether oxygens (including phenoxy) is 1. The monoisotopic (exact) mass is 283 g/mol. The molecule has 0 aromatic heterocycles. The van der Waals surface area contributed by atoms with Gasteiger partial charge >= 0.3 is 0 Å². The molecule has 0 spiro atoms. The molecule has 1 heterocycles. The van der Waals surface area contributed by atoms with E-state index in [1.807, 2.05) is 26.0 Å². The van der Waals surface area contributed by atoms with Crippen LogP contribution in [-0.4, -0.2) is 39.1 Å². The molecular weight excluding hydrogens is 262 g/mol. The lowest BCUT2D eigenvalue weighted by atomic mass is 10.1. The highest BCUT2D eigenvalue weighted by molar-refractivity contribution is 7.91. The number of hydrogen-bond donors (Lipinski definition) is 1. The molecule has 1 fully saturated rings. The Hall–Kier alpha value is -1.07. The highest BCUT2D eigenvalue weighted by atomic mass is 32.2. The SMILES string of the molecule is Cc1ccc(C)c(OCCNC2CCS(=O)(=O)C2)c1. The van der Waals surface area contributed by atoms with Gasteiger partial charge in [0.2, 0.25) is 0 Å². The standard InChI is InChI=1S/C14H21NO3S/c1-11-3-4-12(2)14(9-11)18-7-6-15-13-5-8-19(16,17)10-13/h3-4,9,13,15H,5-8,10H2,1-2H3. The zero-order valence-electron chi connectivity index (χ0n) is 11.5. The molecule has 1 aliphatic rings. The summed E-state index contributed by atoms with van der Waals surface area (Å²) < 4.78 is 28.3. The van der Waals surface area contributed by atoms with Gasteiger partial charge in [-0.05, 0) is 37.5 Å². The number of rotatable bonds is 5. The van der Waals surface area contributed by atoms with E-state index in [4.69, 9.17) is 4.74 Å². The van der Waals surface area contributed by atoms with Crippen molar-refractivity contribution in [3.63, 3.8) is 0 Å². The number of hydrogen-bond acceptors (Lipinski definition) is 4. The van der Waals surface area contributed by atoms with Gasteiger partial charge in [0.25, 0.3) is 0 Å². The average molecular weight is 283 g/mol. The third kappa shape index (κ3) is 4.21. The van der Waals surface area contributed by atoms with Crippen molar-refractivity contribution in [2.45, 2.75) is 26.3 Å². The van der Waals surface area contributed by atoms with Crippen molar-refractivity contribution < 1.29 is 13.2 Å². The molecule has 0 radical (unpaired) electrons. The van der Waals surface area contributed by atoms with Gasteiger partial charge in [-0.15, -0.1) is 0 Å². The molecule has 1 N–H and O–H groups in total. The van der Waals surface area contributed by atoms with Gasteiger partial charge in [-0.25, -0.2) is 8.42 Å². The highest BCUT2D eigenvalue weighted by Crippen LogP contribution is 2.18. The smallest absolute Gasteiger partial charge is 0.151 e. The third-order valence-corrected chi connectivity index (χ3v) is 5.14. The first kappa shape index (κ1) is 14.3. The van der Waals surface area contributed by atoms with Gasteiger partial charge in [0.1, 0.15) is 12.4 Å². The quantitative estimate of drug-likeness (QED) is 0.831. The normalized spacial score (nSPS) is 21.5. The number of sulfone groups is 1. The molecule has 5 heteroatoms. The van der Waals surface area contributed by atoms with E-state index in [2.05, 4.69) is 11.4 Å². The van der Waals surface area contributed by atoms with E-state index in [0.29, 0.717) is 25.3 Å². The Morgan fingerprint density at radius 2 is 2.16 bits per heavy atom. The highest BCUT2D eigenvalue weighted by Gasteiger charge is 2.26. The molecule has 0 amide bonds. The molecule has 1 atom stereocenters. The van der Waals surface area contributed by atoms with E-state index >= 15 is 0 Å². The predicted octanol–water partition coefficient (Wildman–Crippen LogP) is 1.46. The van der Waals surface area contributed by atoms with Gasteiger partial charge in [-0.2, -0.15) is 0 Å². The predicted molar refractivity (Wildman–Crippen MR) is 76.5 cm³/mol. The molecule has 0 bridgehead atoms. The summed E-state index contributed by atoms with van der Waals surface area (Å²) in [7, 11) is -2.80. The van der Waals surface area contributed by atoms with Crippen molar-refractivity contribution in [3.05, 3.63) is 29.3 Å². The van der Waals surface area contributed by atoms with E-state index in [9.17, 15) is 8.42 Å². The van der Waals surface area contributed by atoms with Crippen LogP contribution in [0.2, 0.25) is 0 Å². The summed E-state index contributed by atoms with van der Waals surface area (Å²) in [5.74, 6) is 1.47. The molecule has 0 saturated carbocycles. The van der Waals surface area contributed by atoms with Crippen molar-refractivity contribution in [2.75, 3.05) is 24.7 Å². The lowest BCUT2D eigenvalue weighted by molar-refractivity contribution is 0.305. The van der Waals surface area contributed by atoms with Gasteiger partial charge in [0, 0.05) is 12.6 Å². The molecule has 1 saturated heterocycles. The fraction of sp³-hybridized carbons (Fsp3) is 0.571. The molecule has 106 valence electrons. The van der Waals surface area contributed by atoms with E-state index in [0.717, 1.165) is 11.3 Å². The summed E-state index contributed by atoms with van der Waals surface area (Å²) in [4.78, 5) is 0. The third-order valence-electron chi connectivity index (χ3n) is 3.37. The van der Waals surface area contributed by atoms with Crippen LogP contribution in [0.3, 0.4) is 0 Å². The van der Waals surface area contributed by atoms with Crippen LogP contribution in [0.25, 0.3) is 0 Å². The van der Waals surface area contributed by atoms with Crippen molar-refractivity contribution in [1.29, 1.82) is 0 Å². The van der Waals surface area contributed by atoms with E-state index in [-0.39, 0.29) is 11.8 Å². The van der Waals surface area contributed by atoms with Crippen molar-refractivity contribution in [3.8, 4) is 5.75 Å². The number of aryl methyl sites for hydroxylation is 2. The second kappa shape index (κ2) is 5.92. The summed E-state index contributed by atoms with van der Waals surface area (Å²) in [6.45, 7) is 5.29. The zero-order valence-corrected chi connectivity index (χ0v) is 12.3. The van der Waals surface area contributed by atoms with Crippen LogP contribution in [0.4, 0.5) is 0 Å². The van der Waals surface area contributed by atoms with Crippen LogP contribution in [0.1, 0.15) is 17.5 Å². The molecule has 1 unspecified atom stereocenters. The Bertz CT molecular complexity index is 540. The minimum absolute atomic E-state index is 0.0900. The summed E-state index contributed by atoms with van der Waals surface area (Å²) in [5, 5.41) is 3.24.